The monoisotopic (exact) mass is 350 g/mol. The van der Waals surface area contributed by atoms with Crippen LogP contribution in [-0.4, -0.2) is 26.4 Å². The second-order valence-electron chi connectivity index (χ2n) is 5.66. The van der Waals surface area contributed by atoms with Crippen LogP contribution in [0.25, 0.3) is 0 Å². The highest BCUT2D eigenvalue weighted by Crippen LogP contribution is 2.09. The molecule has 0 bridgehead atoms. The van der Waals surface area contributed by atoms with Gasteiger partial charge in [-0.05, 0) is 18.9 Å². The van der Waals surface area contributed by atoms with Crippen LogP contribution in [-0.2, 0) is 4.79 Å². The molecule has 0 amide bonds. The molecule has 0 fully saturated rings. The smallest absolute Gasteiger partial charge is 0.375 e. The van der Waals surface area contributed by atoms with Crippen molar-refractivity contribution in [3.05, 3.63) is 59.8 Å². The zero-order valence-corrected chi connectivity index (χ0v) is 14.9. The van der Waals surface area contributed by atoms with E-state index in [1.165, 1.54) is 51.0 Å². The number of unbranched alkanes of at least 4 members (excludes halogenated alkanes) is 7. The fourth-order valence-electron chi connectivity index (χ4n) is 2.03. The van der Waals surface area contributed by atoms with Crippen molar-refractivity contribution in [1.82, 2.24) is 0 Å². The molecule has 0 aromatic carbocycles. The summed E-state index contributed by atoms with van der Waals surface area (Å²) in [6, 6.07) is 0. The zero-order valence-electron chi connectivity index (χ0n) is 14.9. The molecular formula is C20H30O5. The first-order valence-electron chi connectivity index (χ1n) is 8.75. The number of hydrogen-bond acceptors (Lipinski definition) is 4. The molecule has 140 valence electrons. The molecule has 0 atom stereocenters. The number of aliphatic hydroxyl groups excluding tert-OH is 3. The Balaban J connectivity index is 3.97. The third-order valence-corrected chi connectivity index (χ3v) is 3.48. The average Bonchev–Trinajstić information content (AvgIpc) is 2.60. The molecule has 0 aromatic rings. The van der Waals surface area contributed by atoms with Gasteiger partial charge in [0.15, 0.2) is 5.76 Å². The van der Waals surface area contributed by atoms with Crippen molar-refractivity contribution < 1.29 is 25.2 Å². The first-order chi connectivity index (χ1) is 12.0. The van der Waals surface area contributed by atoms with Crippen LogP contribution < -0.4 is 0 Å². The highest BCUT2D eigenvalue weighted by Gasteiger charge is 2.14. The molecule has 0 saturated carbocycles. The fraction of sp³-hybridized carbons (Fsp3) is 0.450. The van der Waals surface area contributed by atoms with Gasteiger partial charge in [-0.2, -0.15) is 0 Å². The third kappa shape index (κ3) is 12.6. The molecule has 0 rings (SSSR count). The number of allylic oxidation sites excluding steroid dienone is 7. The van der Waals surface area contributed by atoms with Crippen molar-refractivity contribution in [2.75, 3.05) is 0 Å². The van der Waals surface area contributed by atoms with Crippen molar-refractivity contribution in [3.8, 4) is 0 Å². The minimum absolute atomic E-state index is 0.723. The van der Waals surface area contributed by atoms with E-state index in [1.54, 1.807) is 12.2 Å². The lowest BCUT2D eigenvalue weighted by Crippen LogP contribution is -2.05. The van der Waals surface area contributed by atoms with Gasteiger partial charge >= 0.3 is 5.97 Å². The van der Waals surface area contributed by atoms with E-state index in [1.807, 2.05) is 12.2 Å². The summed E-state index contributed by atoms with van der Waals surface area (Å²) in [7, 11) is 0. The van der Waals surface area contributed by atoms with E-state index in [-0.39, 0.29) is 0 Å². The summed E-state index contributed by atoms with van der Waals surface area (Å²) in [5, 5.41) is 36.0. The van der Waals surface area contributed by atoms with Gasteiger partial charge in [-0.15, -0.1) is 0 Å². The Bertz CT molecular complexity index is 524. The number of aliphatic carboxylic acids is 1. The van der Waals surface area contributed by atoms with Crippen molar-refractivity contribution in [2.24, 2.45) is 0 Å². The number of aliphatic hydroxyl groups is 3. The second-order valence-corrected chi connectivity index (χ2v) is 5.66. The minimum atomic E-state index is -1.72. The summed E-state index contributed by atoms with van der Waals surface area (Å²) in [5.74, 6) is -4.81. The van der Waals surface area contributed by atoms with Gasteiger partial charge in [0.25, 0.3) is 0 Å². The summed E-state index contributed by atoms with van der Waals surface area (Å²) in [4.78, 5) is 10.4. The molecule has 25 heavy (non-hydrogen) atoms. The summed E-state index contributed by atoms with van der Waals surface area (Å²) < 4.78 is 0. The van der Waals surface area contributed by atoms with Gasteiger partial charge in [-0.3, -0.25) is 0 Å². The molecule has 4 N–H and O–H groups in total. The molecule has 0 radical (unpaired) electrons. The molecule has 5 heteroatoms. The van der Waals surface area contributed by atoms with Crippen LogP contribution in [0, 0.1) is 0 Å². The Morgan fingerprint density at radius 1 is 0.720 bits per heavy atom. The predicted octanol–water partition coefficient (Wildman–Crippen LogP) is 5.65. The minimum Gasteiger partial charge on any atom is -0.504 e. The summed E-state index contributed by atoms with van der Waals surface area (Å²) in [6.45, 7) is 2.22. The van der Waals surface area contributed by atoms with Crippen molar-refractivity contribution in [2.45, 2.75) is 58.3 Å². The van der Waals surface area contributed by atoms with E-state index >= 15 is 0 Å². The van der Waals surface area contributed by atoms with Gasteiger partial charge in [0.05, 0.1) is 0 Å². The molecule has 0 unspecified atom stereocenters. The third-order valence-electron chi connectivity index (χ3n) is 3.48. The second kappa shape index (κ2) is 15.1. The van der Waals surface area contributed by atoms with Gasteiger partial charge in [-0.25, -0.2) is 4.79 Å². The van der Waals surface area contributed by atoms with Crippen LogP contribution in [0.15, 0.2) is 59.8 Å². The Labute approximate surface area is 150 Å². The van der Waals surface area contributed by atoms with E-state index in [0.717, 1.165) is 12.5 Å². The van der Waals surface area contributed by atoms with Crippen LogP contribution in [0.5, 0.6) is 0 Å². The topological polar surface area (TPSA) is 98.0 Å². The zero-order chi connectivity index (χ0) is 18.9. The summed E-state index contributed by atoms with van der Waals surface area (Å²) in [6.07, 6.45) is 21.8. The number of carboxylic acids is 1. The van der Waals surface area contributed by atoms with Crippen LogP contribution in [0.1, 0.15) is 58.3 Å². The lowest BCUT2D eigenvalue weighted by atomic mass is 10.1. The Morgan fingerprint density at radius 2 is 1.28 bits per heavy atom. The van der Waals surface area contributed by atoms with E-state index in [0.29, 0.717) is 0 Å². The number of hydrogen-bond donors (Lipinski definition) is 4. The van der Waals surface area contributed by atoms with Crippen molar-refractivity contribution in [3.63, 3.8) is 0 Å². The van der Waals surface area contributed by atoms with E-state index < -0.39 is 23.2 Å². The normalized spacial score (nSPS) is 13.9. The maximum Gasteiger partial charge on any atom is 0.375 e. The molecule has 0 aromatic heterocycles. The molecule has 0 aliphatic carbocycles. The average molecular weight is 350 g/mol. The maximum absolute atomic E-state index is 10.4. The van der Waals surface area contributed by atoms with Crippen LogP contribution in [0.2, 0.25) is 0 Å². The van der Waals surface area contributed by atoms with Crippen LogP contribution >= 0.6 is 0 Å². The molecular weight excluding hydrogens is 320 g/mol. The SMILES string of the molecule is CCCCCCCCC/C=C/C=C/C=C/C=C(O)/C(O)=C(\O)C(=O)O. The number of rotatable bonds is 13. The molecule has 0 spiro atoms. The molecule has 0 aliphatic heterocycles. The van der Waals surface area contributed by atoms with Gasteiger partial charge in [0, 0.05) is 0 Å². The first kappa shape index (κ1) is 22.6. The summed E-state index contributed by atoms with van der Waals surface area (Å²) >= 11 is 0. The summed E-state index contributed by atoms with van der Waals surface area (Å²) in [5.41, 5.74) is 0. The van der Waals surface area contributed by atoms with Gasteiger partial charge in [0.2, 0.25) is 11.5 Å². The van der Waals surface area contributed by atoms with Crippen LogP contribution in [0.3, 0.4) is 0 Å². The Hall–Kier alpha value is -2.43. The maximum atomic E-state index is 10.4. The highest BCUT2D eigenvalue weighted by atomic mass is 16.4. The fourth-order valence-corrected chi connectivity index (χ4v) is 2.03. The Kier molecular flexibility index (Phi) is 13.6. The van der Waals surface area contributed by atoms with E-state index in [2.05, 4.69) is 13.0 Å². The van der Waals surface area contributed by atoms with Gasteiger partial charge in [0.1, 0.15) is 0 Å². The van der Waals surface area contributed by atoms with Crippen molar-refractivity contribution >= 4 is 5.97 Å². The largest absolute Gasteiger partial charge is 0.504 e. The quantitative estimate of drug-likeness (QED) is 0.149. The lowest BCUT2D eigenvalue weighted by molar-refractivity contribution is -0.135. The first-order valence-corrected chi connectivity index (χ1v) is 8.75. The van der Waals surface area contributed by atoms with Crippen LogP contribution in [0.4, 0.5) is 0 Å². The van der Waals surface area contributed by atoms with E-state index in [4.69, 9.17) is 10.2 Å². The van der Waals surface area contributed by atoms with Gasteiger partial charge < -0.3 is 20.4 Å². The van der Waals surface area contributed by atoms with Crippen molar-refractivity contribution in [1.29, 1.82) is 0 Å². The molecule has 5 nitrogen and oxygen atoms in total. The predicted molar refractivity (Wildman–Crippen MR) is 101 cm³/mol. The molecule has 0 aliphatic rings. The molecule has 0 heterocycles. The van der Waals surface area contributed by atoms with E-state index in [9.17, 15) is 15.0 Å². The highest BCUT2D eigenvalue weighted by molar-refractivity contribution is 5.84. The lowest BCUT2D eigenvalue weighted by Gasteiger charge is -1.98. The molecule has 0 saturated heterocycles. The van der Waals surface area contributed by atoms with Gasteiger partial charge in [-0.1, -0.05) is 81.9 Å². The number of carbonyl (C=O) groups is 1. The standard InChI is InChI=1S/C20H30O5/c1-2-3-4-5-6-7-8-9-10-11-12-13-14-15-16-17(21)18(22)19(23)20(24)25/h10-16,21-23H,2-9H2,1H3,(H,24,25)/b11-10+,13-12+,15-14+,17-16-,19-18+. The Morgan fingerprint density at radius 3 is 1.92 bits per heavy atom. The number of carboxylic acid groups (broad SMARTS) is 1.